The first-order valence-corrected chi connectivity index (χ1v) is 5.70. The van der Waals surface area contributed by atoms with Crippen molar-refractivity contribution in [3.8, 4) is 5.75 Å². The van der Waals surface area contributed by atoms with Crippen molar-refractivity contribution < 1.29 is 4.74 Å². The maximum Gasteiger partial charge on any atom is 0.171 e. The summed E-state index contributed by atoms with van der Waals surface area (Å²) in [4.78, 5) is 8.36. The van der Waals surface area contributed by atoms with Crippen molar-refractivity contribution in [3.63, 3.8) is 0 Å². The highest BCUT2D eigenvalue weighted by Crippen LogP contribution is 2.39. The van der Waals surface area contributed by atoms with Crippen LogP contribution in [0.25, 0.3) is 10.8 Å². The van der Waals surface area contributed by atoms with Crippen molar-refractivity contribution in [2.24, 2.45) is 0 Å². The van der Waals surface area contributed by atoms with Gasteiger partial charge in [-0.3, -0.25) is 0 Å². The van der Waals surface area contributed by atoms with E-state index in [0.717, 1.165) is 28.5 Å². The molecule has 2 aromatic rings. The largest absolute Gasteiger partial charge is 0.489 e. The average molecular weight is 255 g/mol. The zero-order chi connectivity index (χ0) is 11.3. The first kappa shape index (κ1) is 10.1. The first-order chi connectivity index (χ1) is 7.68. The summed E-state index contributed by atoms with van der Waals surface area (Å²) in [5.74, 6) is 0.632. The molecule has 0 aliphatic carbocycles. The average Bonchev–Trinajstić information content (AvgIpc) is 2.27. The quantitative estimate of drug-likeness (QED) is 0.678. The van der Waals surface area contributed by atoms with Gasteiger partial charge in [0.05, 0.1) is 6.61 Å². The normalized spacial score (nSPS) is 13.9. The van der Waals surface area contributed by atoms with E-state index in [4.69, 9.17) is 27.9 Å². The van der Waals surface area contributed by atoms with E-state index in [0.29, 0.717) is 22.7 Å². The second kappa shape index (κ2) is 3.47. The Bertz CT molecular complexity index is 588. The van der Waals surface area contributed by atoms with Crippen LogP contribution >= 0.6 is 23.2 Å². The molecule has 1 aliphatic heterocycles. The predicted molar refractivity (Wildman–Crippen MR) is 63.5 cm³/mol. The Kier molecular flexibility index (Phi) is 2.19. The Morgan fingerprint density at radius 1 is 1.31 bits per heavy atom. The molecule has 0 unspecified atom stereocenters. The lowest BCUT2D eigenvalue weighted by atomic mass is 10.0. The van der Waals surface area contributed by atoms with Crippen LogP contribution in [0.15, 0.2) is 6.20 Å². The molecule has 82 valence electrons. The fourth-order valence-electron chi connectivity index (χ4n) is 2.07. The van der Waals surface area contributed by atoms with E-state index >= 15 is 0 Å². The van der Waals surface area contributed by atoms with Gasteiger partial charge in [0.25, 0.3) is 0 Å². The summed E-state index contributed by atoms with van der Waals surface area (Å²) >= 11 is 12.1. The molecule has 0 radical (unpaired) electrons. The molecule has 0 saturated heterocycles. The highest BCUT2D eigenvalue weighted by atomic mass is 35.5. The zero-order valence-corrected chi connectivity index (χ0v) is 10.1. The van der Waals surface area contributed by atoms with Gasteiger partial charge in [-0.1, -0.05) is 23.2 Å². The lowest BCUT2D eigenvalue weighted by molar-refractivity contribution is 0.316. The molecule has 2 aromatic heterocycles. The third-order valence-electron chi connectivity index (χ3n) is 2.82. The number of hydrogen-bond donors (Lipinski definition) is 0. The van der Waals surface area contributed by atoms with E-state index in [2.05, 4.69) is 9.97 Å². The van der Waals surface area contributed by atoms with Gasteiger partial charge in [-0.05, 0) is 12.5 Å². The molecule has 1 aliphatic rings. The molecule has 0 aromatic carbocycles. The number of aryl methyl sites for hydroxylation is 1. The molecule has 0 saturated carbocycles. The molecule has 0 amide bonds. The van der Waals surface area contributed by atoms with Crippen molar-refractivity contribution in [2.75, 3.05) is 6.61 Å². The molecule has 0 spiro atoms. The minimum atomic E-state index is 0.384. The van der Waals surface area contributed by atoms with Gasteiger partial charge in [0.2, 0.25) is 0 Å². The van der Waals surface area contributed by atoms with Gasteiger partial charge in [0.15, 0.2) is 10.9 Å². The molecule has 16 heavy (non-hydrogen) atoms. The Hall–Kier alpha value is -1.06. The van der Waals surface area contributed by atoms with Crippen LogP contribution in [0.1, 0.15) is 11.3 Å². The molecule has 0 N–H and O–H groups in total. The predicted octanol–water partition coefficient (Wildman–Crippen LogP) is 3.18. The van der Waals surface area contributed by atoms with Crippen LogP contribution in [0.2, 0.25) is 10.3 Å². The smallest absolute Gasteiger partial charge is 0.171 e. The third kappa shape index (κ3) is 1.28. The SMILES string of the molecule is Cc1nc(Cl)c2cnc(Cl)c3c2c1CCO3. The molecule has 3 heterocycles. The van der Waals surface area contributed by atoms with Gasteiger partial charge in [-0.2, -0.15) is 0 Å². The van der Waals surface area contributed by atoms with Gasteiger partial charge < -0.3 is 4.74 Å². The Labute approximate surface area is 102 Å². The van der Waals surface area contributed by atoms with Gasteiger partial charge in [0, 0.05) is 29.1 Å². The Morgan fingerprint density at radius 3 is 2.94 bits per heavy atom. The molecule has 0 atom stereocenters. The number of ether oxygens (including phenoxy) is 1. The van der Waals surface area contributed by atoms with Crippen molar-refractivity contribution in [3.05, 3.63) is 27.8 Å². The van der Waals surface area contributed by atoms with Crippen molar-refractivity contribution >= 4 is 34.0 Å². The number of rotatable bonds is 0. The van der Waals surface area contributed by atoms with E-state index in [1.54, 1.807) is 6.20 Å². The number of nitrogens with zero attached hydrogens (tertiary/aromatic N) is 2. The highest BCUT2D eigenvalue weighted by molar-refractivity contribution is 6.36. The van der Waals surface area contributed by atoms with Gasteiger partial charge in [-0.15, -0.1) is 0 Å². The van der Waals surface area contributed by atoms with E-state index < -0.39 is 0 Å². The first-order valence-electron chi connectivity index (χ1n) is 4.94. The van der Waals surface area contributed by atoms with Crippen LogP contribution < -0.4 is 4.74 Å². The summed E-state index contributed by atoms with van der Waals surface area (Å²) in [7, 11) is 0. The summed E-state index contributed by atoms with van der Waals surface area (Å²) in [6.07, 6.45) is 2.48. The number of hydrogen-bond acceptors (Lipinski definition) is 3. The third-order valence-corrected chi connectivity index (χ3v) is 3.37. The molecular formula is C11H8Cl2N2O. The summed E-state index contributed by atoms with van der Waals surface area (Å²) in [5.41, 5.74) is 2.09. The minimum Gasteiger partial charge on any atom is -0.489 e. The van der Waals surface area contributed by atoms with Crippen LogP contribution in [-0.2, 0) is 6.42 Å². The maximum atomic E-state index is 6.09. The summed E-state index contributed by atoms with van der Waals surface area (Å²) < 4.78 is 5.56. The monoisotopic (exact) mass is 254 g/mol. The van der Waals surface area contributed by atoms with E-state index in [9.17, 15) is 0 Å². The van der Waals surface area contributed by atoms with Crippen LogP contribution in [0, 0.1) is 6.92 Å². The Morgan fingerprint density at radius 2 is 2.12 bits per heavy atom. The number of aromatic nitrogens is 2. The fourth-order valence-corrected chi connectivity index (χ4v) is 2.54. The summed E-state index contributed by atoms with van der Waals surface area (Å²) in [6, 6.07) is 0. The van der Waals surface area contributed by atoms with Crippen molar-refractivity contribution in [2.45, 2.75) is 13.3 Å². The summed E-state index contributed by atoms with van der Waals surface area (Å²) in [5, 5.41) is 2.60. The second-order valence-corrected chi connectivity index (χ2v) is 4.45. The van der Waals surface area contributed by atoms with Crippen molar-refractivity contribution in [1.29, 1.82) is 0 Å². The highest BCUT2D eigenvalue weighted by Gasteiger charge is 2.21. The molecule has 3 rings (SSSR count). The molecule has 0 fully saturated rings. The van der Waals surface area contributed by atoms with Gasteiger partial charge >= 0.3 is 0 Å². The molecule has 5 heteroatoms. The van der Waals surface area contributed by atoms with E-state index in [-0.39, 0.29) is 0 Å². The van der Waals surface area contributed by atoms with Crippen LogP contribution in [-0.4, -0.2) is 16.6 Å². The molecule has 0 bridgehead atoms. The lowest BCUT2D eigenvalue weighted by Crippen LogP contribution is -2.12. The van der Waals surface area contributed by atoms with Gasteiger partial charge in [0.1, 0.15) is 5.15 Å². The fraction of sp³-hybridized carbons (Fsp3) is 0.273. The van der Waals surface area contributed by atoms with Gasteiger partial charge in [-0.25, -0.2) is 9.97 Å². The number of halogens is 2. The van der Waals surface area contributed by atoms with E-state index in [1.807, 2.05) is 6.92 Å². The topological polar surface area (TPSA) is 35.0 Å². The zero-order valence-electron chi connectivity index (χ0n) is 8.55. The molecule has 3 nitrogen and oxygen atoms in total. The summed E-state index contributed by atoms with van der Waals surface area (Å²) in [6.45, 7) is 2.56. The van der Waals surface area contributed by atoms with Crippen molar-refractivity contribution in [1.82, 2.24) is 9.97 Å². The number of pyridine rings is 2. The maximum absolute atomic E-state index is 6.09. The minimum absolute atomic E-state index is 0.384. The Balaban J connectivity index is 2.55. The van der Waals surface area contributed by atoms with Crippen LogP contribution in [0.3, 0.4) is 0 Å². The lowest BCUT2D eigenvalue weighted by Gasteiger charge is -2.20. The van der Waals surface area contributed by atoms with Crippen LogP contribution in [0.4, 0.5) is 0 Å². The second-order valence-electron chi connectivity index (χ2n) is 3.73. The molecular weight excluding hydrogens is 247 g/mol. The van der Waals surface area contributed by atoms with Crippen LogP contribution in [0.5, 0.6) is 5.75 Å². The standard InChI is InChI=1S/C11H8Cl2N2O/c1-5-6-2-3-16-9-8(6)7(10(12)15-5)4-14-11(9)13/h4H,2-3H2,1H3. The van der Waals surface area contributed by atoms with E-state index in [1.165, 1.54) is 0 Å².